The highest BCUT2D eigenvalue weighted by Crippen LogP contribution is 2.22. The monoisotopic (exact) mass is 446 g/mol. The van der Waals surface area contributed by atoms with Gasteiger partial charge in [-0.2, -0.15) is 0 Å². The first-order valence-electron chi connectivity index (χ1n) is 10.4. The summed E-state index contributed by atoms with van der Waals surface area (Å²) in [4.78, 5) is 37.3. The molecule has 7 nitrogen and oxygen atoms in total. The molecule has 33 heavy (non-hydrogen) atoms. The number of fused-ring (bicyclic) bond motifs is 1. The summed E-state index contributed by atoms with van der Waals surface area (Å²) in [5.74, 6) is -1.39. The van der Waals surface area contributed by atoms with Crippen LogP contribution in [0.3, 0.4) is 0 Å². The van der Waals surface area contributed by atoms with E-state index in [1.54, 1.807) is 7.11 Å². The van der Waals surface area contributed by atoms with Gasteiger partial charge in [0.2, 0.25) is 5.91 Å². The number of allylic oxidation sites excluding steroid dienone is 1. The summed E-state index contributed by atoms with van der Waals surface area (Å²) in [6, 6.07) is 18.3. The Kier molecular flexibility index (Phi) is 7.94. The number of anilines is 1. The van der Waals surface area contributed by atoms with Crippen molar-refractivity contribution in [1.82, 2.24) is 5.32 Å². The smallest absolute Gasteiger partial charge is 0.339 e. The van der Waals surface area contributed by atoms with Crippen molar-refractivity contribution >= 4 is 39.8 Å². The fourth-order valence-electron chi connectivity index (χ4n) is 3.33. The zero-order valence-electron chi connectivity index (χ0n) is 18.8. The third-order valence-electron chi connectivity index (χ3n) is 5.09. The third-order valence-corrected chi connectivity index (χ3v) is 5.09. The zero-order chi connectivity index (χ0) is 23.8. The number of esters is 1. The van der Waals surface area contributed by atoms with Gasteiger partial charge in [-0.3, -0.25) is 9.59 Å². The van der Waals surface area contributed by atoms with E-state index in [1.807, 2.05) is 49.4 Å². The Morgan fingerprint density at radius 3 is 2.36 bits per heavy atom. The molecule has 2 N–H and O–H groups in total. The number of benzene rings is 3. The van der Waals surface area contributed by atoms with E-state index in [4.69, 9.17) is 9.47 Å². The summed E-state index contributed by atoms with van der Waals surface area (Å²) in [6.45, 7) is 2.54. The van der Waals surface area contributed by atoms with Gasteiger partial charge in [-0.15, -0.1) is 0 Å². The summed E-state index contributed by atoms with van der Waals surface area (Å²) >= 11 is 0. The van der Waals surface area contributed by atoms with Gasteiger partial charge in [-0.05, 0) is 53.1 Å². The Morgan fingerprint density at radius 1 is 0.909 bits per heavy atom. The van der Waals surface area contributed by atoms with Crippen LogP contribution in [0.15, 0.2) is 66.7 Å². The number of methoxy groups -OCH3 is 2. The highest BCUT2D eigenvalue weighted by Gasteiger charge is 2.17. The van der Waals surface area contributed by atoms with Crippen LogP contribution in [-0.4, -0.2) is 45.2 Å². The van der Waals surface area contributed by atoms with Crippen molar-refractivity contribution in [3.8, 4) is 0 Å². The maximum absolute atomic E-state index is 12.8. The zero-order valence-corrected chi connectivity index (χ0v) is 18.8. The van der Waals surface area contributed by atoms with Crippen LogP contribution in [0, 0.1) is 0 Å². The molecule has 0 atom stereocenters. The van der Waals surface area contributed by atoms with E-state index < -0.39 is 11.9 Å². The molecule has 3 aromatic carbocycles. The Hall–Kier alpha value is -3.97. The molecule has 2 amide bonds. The Labute approximate surface area is 192 Å². The molecular formula is C26H26N2O5. The van der Waals surface area contributed by atoms with E-state index in [0.29, 0.717) is 18.7 Å². The van der Waals surface area contributed by atoms with Crippen LogP contribution >= 0.6 is 0 Å². The van der Waals surface area contributed by atoms with Crippen molar-refractivity contribution in [2.45, 2.75) is 6.92 Å². The fourth-order valence-corrected chi connectivity index (χ4v) is 3.33. The second kappa shape index (κ2) is 11.1. The molecule has 0 saturated heterocycles. The van der Waals surface area contributed by atoms with Crippen LogP contribution in [0.25, 0.3) is 16.3 Å². The molecule has 170 valence electrons. The number of ether oxygens (including phenoxy) is 2. The minimum absolute atomic E-state index is 0.149. The van der Waals surface area contributed by atoms with Crippen molar-refractivity contribution in [3.63, 3.8) is 0 Å². The number of hydrogen-bond acceptors (Lipinski definition) is 5. The number of rotatable bonds is 8. The summed E-state index contributed by atoms with van der Waals surface area (Å²) in [7, 11) is 2.79. The molecule has 3 aromatic rings. The number of carbonyl (C=O) groups is 3. The largest absolute Gasteiger partial charge is 0.465 e. The molecular weight excluding hydrogens is 420 g/mol. The predicted molar refractivity (Wildman–Crippen MR) is 128 cm³/mol. The van der Waals surface area contributed by atoms with Gasteiger partial charge in [0, 0.05) is 25.3 Å². The van der Waals surface area contributed by atoms with E-state index >= 15 is 0 Å². The lowest BCUT2D eigenvalue weighted by Crippen LogP contribution is -2.27. The van der Waals surface area contributed by atoms with Crippen molar-refractivity contribution in [2.75, 3.05) is 32.7 Å². The quantitative estimate of drug-likeness (QED) is 0.309. The molecule has 7 heteroatoms. The highest BCUT2D eigenvalue weighted by molar-refractivity contribution is 6.09. The molecule has 0 unspecified atom stereocenters. The van der Waals surface area contributed by atoms with Crippen LogP contribution in [0.1, 0.15) is 33.2 Å². The van der Waals surface area contributed by atoms with Crippen molar-refractivity contribution in [3.05, 3.63) is 83.4 Å². The average Bonchev–Trinajstić information content (AvgIpc) is 2.83. The summed E-state index contributed by atoms with van der Waals surface area (Å²) in [6.07, 6.45) is 1.45. The molecule has 0 aliphatic heterocycles. The minimum atomic E-state index is -0.619. The highest BCUT2D eigenvalue weighted by atomic mass is 16.5. The molecule has 0 aromatic heterocycles. The van der Waals surface area contributed by atoms with Crippen LogP contribution < -0.4 is 10.6 Å². The maximum Gasteiger partial charge on any atom is 0.339 e. The topological polar surface area (TPSA) is 93.7 Å². The number of hydrogen-bond donors (Lipinski definition) is 2. The fraction of sp³-hybridized carbons (Fsp3) is 0.192. The summed E-state index contributed by atoms with van der Waals surface area (Å²) in [5, 5.41) is 7.60. The molecule has 0 radical (unpaired) electrons. The molecule has 0 aliphatic rings. The first-order valence-corrected chi connectivity index (χ1v) is 10.4. The van der Waals surface area contributed by atoms with E-state index in [2.05, 4.69) is 10.6 Å². The summed E-state index contributed by atoms with van der Waals surface area (Å²) in [5.41, 5.74) is 2.30. The van der Waals surface area contributed by atoms with E-state index in [9.17, 15) is 14.4 Å². The molecule has 0 aliphatic carbocycles. The Morgan fingerprint density at radius 2 is 1.64 bits per heavy atom. The van der Waals surface area contributed by atoms with Crippen molar-refractivity contribution in [1.29, 1.82) is 0 Å². The lowest BCUT2D eigenvalue weighted by Gasteiger charge is -2.12. The molecule has 0 bridgehead atoms. The minimum Gasteiger partial charge on any atom is -0.465 e. The van der Waals surface area contributed by atoms with Gasteiger partial charge >= 0.3 is 5.97 Å². The lowest BCUT2D eigenvalue weighted by molar-refractivity contribution is -0.111. The Bertz CT molecular complexity index is 1220. The summed E-state index contributed by atoms with van der Waals surface area (Å²) < 4.78 is 9.73. The number of amides is 2. The second-order valence-corrected chi connectivity index (χ2v) is 7.38. The number of nitrogens with one attached hydrogen (secondary N) is 2. The first-order chi connectivity index (χ1) is 15.9. The lowest BCUT2D eigenvalue weighted by atomic mass is 10.0. The molecule has 0 saturated carbocycles. The molecule has 3 rings (SSSR count). The van der Waals surface area contributed by atoms with Gasteiger partial charge in [-0.25, -0.2) is 4.79 Å². The van der Waals surface area contributed by atoms with Gasteiger partial charge in [0.15, 0.2) is 0 Å². The van der Waals surface area contributed by atoms with Gasteiger partial charge < -0.3 is 20.1 Å². The standard InChI is InChI=1S/C26H26N2O5/c1-17(19-9-8-18-6-4-5-7-20(18)15-19)14-24(29)28-23-16-21(25(30)27-12-13-32-2)10-11-22(23)26(31)33-3/h4-11,14-16H,12-13H2,1-3H3,(H,27,30)(H,28,29). The average molecular weight is 447 g/mol. The molecule has 0 heterocycles. The SMILES string of the molecule is COCCNC(=O)c1ccc(C(=O)OC)c(NC(=O)C=C(C)c2ccc3ccccc3c2)c1. The van der Waals surface area contributed by atoms with Gasteiger partial charge in [0.1, 0.15) is 0 Å². The van der Waals surface area contributed by atoms with Gasteiger partial charge in [-0.1, -0.05) is 36.4 Å². The van der Waals surface area contributed by atoms with Crippen LogP contribution in [-0.2, 0) is 14.3 Å². The predicted octanol–water partition coefficient (Wildman–Crippen LogP) is 4.04. The first kappa shape index (κ1) is 23.7. The second-order valence-electron chi connectivity index (χ2n) is 7.38. The van der Waals surface area contributed by atoms with E-state index in [-0.39, 0.29) is 17.2 Å². The van der Waals surface area contributed by atoms with Crippen molar-refractivity contribution in [2.24, 2.45) is 0 Å². The Balaban J connectivity index is 1.84. The van der Waals surface area contributed by atoms with Gasteiger partial charge in [0.25, 0.3) is 5.91 Å². The number of carbonyl (C=O) groups excluding carboxylic acids is 3. The van der Waals surface area contributed by atoms with Gasteiger partial charge in [0.05, 0.1) is 25.0 Å². The van der Waals surface area contributed by atoms with Crippen LogP contribution in [0.5, 0.6) is 0 Å². The molecule has 0 spiro atoms. The van der Waals surface area contributed by atoms with E-state index in [1.165, 1.54) is 31.4 Å². The maximum atomic E-state index is 12.8. The molecule has 0 fully saturated rings. The van der Waals surface area contributed by atoms with E-state index in [0.717, 1.165) is 21.9 Å². The third kappa shape index (κ3) is 6.05. The van der Waals surface area contributed by atoms with Crippen LogP contribution in [0.4, 0.5) is 5.69 Å². The normalized spacial score (nSPS) is 11.2. The van der Waals surface area contributed by atoms with Crippen LogP contribution in [0.2, 0.25) is 0 Å². The van der Waals surface area contributed by atoms with Crippen molar-refractivity contribution < 1.29 is 23.9 Å².